The number of amides is 3. The van der Waals surface area contributed by atoms with Crippen molar-refractivity contribution in [2.75, 3.05) is 26.3 Å². The molecule has 0 unspecified atom stereocenters. The molecule has 226 valence electrons. The first-order valence-corrected chi connectivity index (χ1v) is 15.4. The largest absolute Gasteiger partial charge is 0.508 e. The summed E-state index contributed by atoms with van der Waals surface area (Å²) in [4.78, 5) is 41.3. The Hall–Kier alpha value is -4.48. The molecule has 1 fully saturated rings. The Morgan fingerprint density at radius 2 is 1.44 bits per heavy atom. The molecule has 0 aromatic heterocycles. The van der Waals surface area contributed by atoms with Crippen LogP contribution in [0.25, 0.3) is 0 Å². The second kappa shape index (κ2) is 14.6. The third-order valence-electron chi connectivity index (χ3n) is 7.14. The number of aromatic hydroxyl groups is 1. The summed E-state index contributed by atoms with van der Waals surface area (Å²) in [5.41, 5.74) is 1.55. The number of ether oxygens (including phenoxy) is 1. The predicted molar refractivity (Wildman–Crippen MR) is 161 cm³/mol. The first-order valence-electron chi connectivity index (χ1n) is 13.9. The Labute approximate surface area is 251 Å². The number of sulfone groups is 1. The van der Waals surface area contributed by atoms with Gasteiger partial charge in [-0.25, -0.2) is 13.2 Å². The number of phenolic OH excluding ortho intramolecular Hbond substituents is 1. The predicted octanol–water partition coefficient (Wildman–Crippen LogP) is 3.02. The molecule has 0 saturated carbocycles. The van der Waals surface area contributed by atoms with Gasteiger partial charge in [-0.05, 0) is 48.2 Å². The van der Waals surface area contributed by atoms with E-state index < -0.39 is 44.5 Å². The minimum absolute atomic E-state index is 0.0480. The molecule has 1 heterocycles. The number of phenols is 1. The second-order valence-corrected chi connectivity index (χ2v) is 12.1. The summed E-state index contributed by atoms with van der Waals surface area (Å²) >= 11 is 0. The molecule has 0 bridgehead atoms. The van der Waals surface area contributed by atoms with Gasteiger partial charge in [0, 0.05) is 19.5 Å². The fourth-order valence-corrected chi connectivity index (χ4v) is 5.86. The van der Waals surface area contributed by atoms with E-state index in [0.29, 0.717) is 38.3 Å². The van der Waals surface area contributed by atoms with Crippen molar-refractivity contribution >= 4 is 27.6 Å². The van der Waals surface area contributed by atoms with Gasteiger partial charge >= 0.3 is 6.03 Å². The summed E-state index contributed by atoms with van der Waals surface area (Å²) in [7, 11) is -4.22. The number of nitrogens with one attached hydrogen (secondary N) is 2. The number of carbonyl (C=O) groups is 3. The van der Waals surface area contributed by atoms with Crippen LogP contribution in [0.1, 0.15) is 17.5 Å². The Bertz CT molecular complexity index is 1520. The van der Waals surface area contributed by atoms with Crippen molar-refractivity contribution in [2.45, 2.75) is 36.2 Å². The molecule has 11 heteroatoms. The summed E-state index contributed by atoms with van der Waals surface area (Å²) in [6, 6.07) is 20.2. The zero-order valence-electron chi connectivity index (χ0n) is 23.6. The molecule has 2 atom stereocenters. The average Bonchev–Trinajstić information content (AvgIpc) is 3.04. The van der Waals surface area contributed by atoms with Gasteiger partial charge in [-0.2, -0.15) is 0 Å². The van der Waals surface area contributed by atoms with Crippen LogP contribution in [0.3, 0.4) is 0 Å². The third kappa shape index (κ3) is 8.52. The van der Waals surface area contributed by atoms with Crippen molar-refractivity contribution in [1.82, 2.24) is 15.5 Å². The summed E-state index contributed by atoms with van der Waals surface area (Å²) < 4.78 is 31.8. The van der Waals surface area contributed by atoms with Gasteiger partial charge in [-0.3, -0.25) is 9.59 Å². The molecule has 3 aromatic rings. The van der Waals surface area contributed by atoms with Gasteiger partial charge < -0.3 is 25.4 Å². The number of ketones is 1. The molecule has 10 nitrogen and oxygen atoms in total. The van der Waals surface area contributed by atoms with Crippen molar-refractivity contribution in [3.8, 4) is 5.75 Å². The first-order chi connectivity index (χ1) is 20.6. The SMILES string of the molecule is C=C(C(=O)[C@H](CCc1ccccc1)NC(=O)[C@H](Cc1ccc(O)cc1)NC(=O)N1CCOCC1)S(=O)(=O)c1ccccc1. The number of nitrogens with zero attached hydrogens (tertiary/aromatic N) is 1. The highest BCUT2D eigenvalue weighted by Crippen LogP contribution is 2.21. The van der Waals surface area contributed by atoms with E-state index in [1.807, 2.05) is 30.3 Å². The van der Waals surface area contributed by atoms with Gasteiger partial charge in [0.05, 0.1) is 24.2 Å². The minimum Gasteiger partial charge on any atom is -0.508 e. The van der Waals surface area contributed by atoms with E-state index >= 15 is 0 Å². The van der Waals surface area contributed by atoms with Crippen LogP contribution >= 0.6 is 0 Å². The summed E-state index contributed by atoms with van der Waals surface area (Å²) in [6.07, 6.45) is 0.533. The van der Waals surface area contributed by atoms with Crippen molar-refractivity contribution < 1.29 is 32.6 Å². The van der Waals surface area contributed by atoms with Crippen LogP contribution in [0.15, 0.2) is 101 Å². The highest BCUT2D eigenvalue weighted by Gasteiger charge is 2.33. The van der Waals surface area contributed by atoms with Gasteiger partial charge in [-0.1, -0.05) is 67.2 Å². The summed E-state index contributed by atoms with van der Waals surface area (Å²) in [5, 5.41) is 15.2. The fraction of sp³-hybridized carbons (Fsp3) is 0.281. The lowest BCUT2D eigenvalue weighted by molar-refractivity contribution is -0.127. The molecule has 0 aliphatic carbocycles. The molecule has 43 heavy (non-hydrogen) atoms. The van der Waals surface area contributed by atoms with Crippen LogP contribution in [-0.2, 0) is 37.0 Å². The molecule has 1 aliphatic heterocycles. The molecule has 0 spiro atoms. The van der Waals surface area contributed by atoms with E-state index in [0.717, 1.165) is 5.56 Å². The molecule has 3 aromatic carbocycles. The fourth-order valence-electron chi connectivity index (χ4n) is 4.65. The maximum Gasteiger partial charge on any atom is 0.318 e. The molecule has 1 aliphatic rings. The van der Waals surface area contributed by atoms with Crippen molar-refractivity contribution in [2.24, 2.45) is 0 Å². The Morgan fingerprint density at radius 1 is 0.837 bits per heavy atom. The Balaban J connectivity index is 1.58. The van der Waals surface area contributed by atoms with E-state index in [-0.39, 0.29) is 23.5 Å². The maximum absolute atomic E-state index is 13.8. The quantitative estimate of drug-likeness (QED) is 0.270. The van der Waals surface area contributed by atoms with Crippen molar-refractivity contribution in [1.29, 1.82) is 0 Å². The number of carbonyl (C=O) groups excluding carboxylic acids is 3. The molecule has 4 rings (SSSR count). The topological polar surface area (TPSA) is 142 Å². The van der Waals surface area contributed by atoms with Gasteiger partial charge in [0.1, 0.15) is 16.7 Å². The zero-order valence-corrected chi connectivity index (χ0v) is 24.5. The number of rotatable bonds is 12. The lowest BCUT2D eigenvalue weighted by atomic mass is 10.00. The molecule has 0 radical (unpaired) electrons. The smallest absolute Gasteiger partial charge is 0.318 e. The van der Waals surface area contributed by atoms with Crippen LogP contribution < -0.4 is 10.6 Å². The standard InChI is InChI=1S/C32H35N3O7S/c1-23(43(40,41)27-10-6-3-7-11-27)30(37)28(17-14-24-8-4-2-5-9-24)33-31(38)29(22-25-12-15-26(36)16-13-25)34-32(39)35-18-20-42-21-19-35/h2-13,15-16,28-29,36H,1,14,17-22H2,(H,33,38)(H,34,39)/t28-,29-/m0/s1. The number of hydrogen-bond acceptors (Lipinski definition) is 7. The lowest BCUT2D eigenvalue weighted by Gasteiger charge is -2.30. The number of Topliss-reactive ketones (excluding diaryl/α,β-unsaturated/α-hetero) is 1. The molecule has 3 N–H and O–H groups in total. The first kappa shape index (κ1) is 31.5. The minimum atomic E-state index is -4.22. The van der Waals surface area contributed by atoms with Crippen LogP contribution in [0.4, 0.5) is 4.79 Å². The number of morpholine rings is 1. The molecular formula is C32H35N3O7S. The van der Waals surface area contributed by atoms with Gasteiger partial charge in [0.2, 0.25) is 15.7 Å². The highest BCUT2D eigenvalue weighted by molar-refractivity contribution is 7.96. The molecule has 1 saturated heterocycles. The average molecular weight is 606 g/mol. The molecule has 3 amide bonds. The monoisotopic (exact) mass is 605 g/mol. The summed E-state index contributed by atoms with van der Waals surface area (Å²) in [5.74, 6) is -1.45. The van der Waals surface area contributed by atoms with E-state index in [1.165, 1.54) is 29.2 Å². The third-order valence-corrected chi connectivity index (χ3v) is 8.88. The van der Waals surface area contributed by atoms with Crippen LogP contribution in [0.5, 0.6) is 5.75 Å². The van der Waals surface area contributed by atoms with E-state index in [1.54, 1.807) is 30.3 Å². The number of benzene rings is 3. The number of hydrogen-bond donors (Lipinski definition) is 3. The Kier molecular flexibility index (Phi) is 10.7. The van der Waals surface area contributed by atoms with Crippen molar-refractivity contribution in [3.63, 3.8) is 0 Å². The van der Waals surface area contributed by atoms with Crippen LogP contribution in [0.2, 0.25) is 0 Å². The van der Waals surface area contributed by atoms with Crippen LogP contribution in [0, 0.1) is 0 Å². The van der Waals surface area contributed by atoms with E-state index in [4.69, 9.17) is 4.74 Å². The second-order valence-electron chi connectivity index (χ2n) is 10.2. The summed E-state index contributed by atoms with van der Waals surface area (Å²) in [6.45, 7) is 5.07. The van der Waals surface area contributed by atoms with Gasteiger partial charge in [0.25, 0.3) is 0 Å². The number of urea groups is 1. The normalized spacial score (nSPS) is 14.7. The van der Waals surface area contributed by atoms with Crippen LogP contribution in [-0.4, -0.2) is 74.5 Å². The van der Waals surface area contributed by atoms with Gasteiger partial charge in [0.15, 0.2) is 5.78 Å². The number of aryl methyl sites for hydroxylation is 1. The Morgan fingerprint density at radius 3 is 2.07 bits per heavy atom. The van der Waals surface area contributed by atoms with Crippen molar-refractivity contribution in [3.05, 3.63) is 108 Å². The van der Waals surface area contributed by atoms with E-state index in [2.05, 4.69) is 17.2 Å². The maximum atomic E-state index is 13.8. The lowest BCUT2D eigenvalue weighted by Crippen LogP contribution is -2.56. The van der Waals surface area contributed by atoms with Gasteiger partial charge in [-0.15, -0.1) is 0 Å². The highest BCUT2D eigenvalue weighted by atomic mass is 32.2. The van der Waals surface area contributed by atoms with E-state index in [9.17, 15) is 27.9 Å². The zero-order chi connectivity index (χ0) is 30.8. The molecular weight excluding hydrogens is 570 g/mol.